The van der Waals surface area contributed by atoms with Crippen molar-refractivity contribution in [1.82, 2.24) is 9.80 Å². The van der Waals surface area contributed by atoms with Crippen LogP contribution in [0.2, 0.25) is 0 Å². The number of hydrogen-bond donors (Lipinski definition) is 1. The van der Waals surface area contributed by atoms with Crippen LogP contribution in [0.25, 0.3) is 0 Å². The maximum Gasteiger partial charge on any atom is 0.268 e. The van der Waals surface area contributed by atoms with E-state index in [1.807, 2.05) is 68.6 Å². The lowest BCUT2D eigenvalue weighted by Crippen LogP contribution is -2.28. The molecule has 0 aliphatic carbocycles. The number of ketones is 1. The first kappa shape index (κ1) is 26.2. The van der Waals surface area contributed by atoms with Crippen LogP contribution < -0.4 is 5.32 Å². The zero-order valence-corrected chi connectivity index (χ0v) is 22.3. The van der Waals surface area contributed by atoms with Gasteiger partial charge in [0.15, 0.2) is 11.0 Å². The number of nitrogens with zero attached hydrogens (tertiary/aromatic N) is 3. The van der Waals surface area contributed by atoms with Crippen LogP contribution in [0, 0.1) is 0 Å². The normalized spacial score (nSPS) is 18.1. The Bertz CT molecular complexity index is 1320. The predicted octanol–water partition coefficient (Wildman–Crippen LogP) is 6.65. The predicted molar refractivity (Wildman–Crippen MR) is 154 cm³/mol. The number of carbonyl (C=O) groups excluding carboxylic acids is 2. The highest BCUT2D eigenvalue weighted by molar-refractivity contribution is 8.18. The van der Waals surface area contributed by atoms with Gasteiger partial charge in [0, 0.05) is 30.5 Å². The minimum Gasteiger partial charge on any atom is -0.384 e. The maximum absolute atomic E-state index is 13.7. The monoisotopic (exact) mass is 512 g/mol. The summed E-state index contributed by atoms with van der Waals surface area (Å²) in [5.74, 6) is -0.126. The van der Waals surface area contributed by atoms with Gasteiger partial charge in [0.05, 0.1) is 22.8 Å². The van der Waals surface area contributed by atoms with Gasteiger partial charge in [-0.05, 0) is 74.4 Å². The molecule has 37 heavy (non-hydrogen) atoms. The molecule has 0 saturated carbocycles. The average Bonchev–Trinajstić information content (AvgIpc) is 3.41. The Morgan fingerprint density at radius 3 is 2.68 bits per heavy atom. The molecule has 1 fully saturated rings. The van der Waals surface area contributed by atoms with Crippen molar-refractivity contribution in [2.45, 2.75) is 33.7 Å². The number of anilines is 1. The van der Waals surface area contributed by atoms with Gasteiger partial charge >= 0.3 is 0 Å². The molecule has 2 aromatic rings. The van der Waals surface area contributed by atoms with Gasteiger partial charge in [-0.3, -0.25) is 14.5 Å². The second kappa shape index (κ2) is 11.9. The zero-order chi connectivity index (χ0) is 26.4. The lowest BCUT2D eigenvalue weighted by atomic mass is 10.1. The summed E-state index contributed by atoms with van der Waals surface area (Å²) in [6.07, 6.45) is 8.77. The van der Waals surface area contributed by atoms with E-state index in [-0.39, 0.29) is 11.7 Å². The Labute approximate surface area is 223 Å². The van der Waals surface area contributed by atoms with E-state index < -0.39 is 0 Å². The molecule has 2 aliphatic rings. The van der Waals surface area contributed by atoms with Crippen molar-refractivity contribution in [3.63, 3.8) is 0 Å². The van der Waals surface area contributed by atoms with Crippen molar-refractivity contribution in [3.05, 3.63) is 107 Å². The number of rotatable bonds is 9. The van der Waals surface area contributed by atoms with Gasteiger partial charge < -0.3 is 10.2 Å². The van der Waals surface area contributed by atoms with Gasteiger partial charge in [0.1, 0.15) is 0 Å². The number of allylic oxidation sites excluding steroid dienone is 3. The van der Waals surface area contributed by atoms with Gasteiger partial charge in [0.25, 0.3) is 5.91 Å². The zero-order valence-electron chi connectivity index (χ0n) is 21.5. The van der Waals surface area contributed by atoms with Crippen molar-refractivity contribution in [2.75, 3.05) is 18.4 Å². The quantitative estimate of drug-likeness (QED) is 0.301. The first-order valence-electron chi connectivity index (χ1n) is 12.4. The molecule has 1 amide bonds. The number of hydrogen-bond acceptors (Lipinski definition) is 6. The molecule has 0 atom stereocenters. The number of benzene rings is 2. The number of Topliss-reactive ketones (excluding diaryl/α,β-unsaturated/α-hetero) is 1. The molecule has 2 heterocycles. The maximum atomic E-state index is 13.7. The van der Waals surface area contributed by atoms with Gasteiger partial charge in [0.2, 0.25) is 0 Å². The number of carbonyl (C=O) groups is 2. The molecule has 0 bridgehead atoms. The first-order valence-corrected chi connectivity index (χ1v) is 13.2. The van der Waals surface area contributed by atoms with Crippen LogP contribution in [0.15, 0.2) is 101 Å². The van der Waals surface area contributed by atoms with Crippen molar-refractivity contribution in [2.24, 2.45) is 4.99 Å². The first-order chi connectivity index (χ1) is 17.9. The lowest BCUT2D eigenvalue weighted by Gasteiger charge is -2.17. The van der Waals surface area contributed by atoms with Gasteiger partial charge in [-0.25, -0.2) is 4.99 Å². The molecule has 0 aromatic heterocycles. The number of aliphatic imine (C=N–C) groups is 1. The topological polar surface area (TPSA) is 65.0 Å². The summed E-state index contributed by atoms with van der Waals surface area (Å²) in [6, 6.07) is 15.3. The summed E-state index contributed by atoms with van der Waals surface area (Å²) in [7, 11) is 0. The molecule has 1 saturated heterocycles. The van der Waals surface area contributed by atoms with Crippen molar-refractivity contribution in [3.8, 4) is 0 Å². The molecule has 6 nitrogen and oxygen atoms in total. The van der Waals surface area contributed by atoms with Crippen LogP contribution in [-0.4, -0.2) is 39.7 Å². The highest BCUT2D eigenvalue weighted by Crippen LogP contribution is 2.37. The summed E-state index contributed by atoms with van der Waals surface area (Å²) in [6.45, 7) is 11.4. The highest BCUT2D eigenvalue weighted by atomic mass is 32.2. The summed E-state index contributed by atoms with van der Waals surface area (Å²) < 4.78 is 0. The fourth-order valence-corrected chi connectivity index (χ4v) is 5.32. The highest BCUT2D eigenvalue weighted by Gasteiger charge is 2.35. The van der Waals surface area contributed by atoms with Crippen LogP contribution in [0.5, 0.6) is 0 Å². The Hall–Kier alpha value is -3.84. The van der Waals surface area contributed by atoms with Crippen LogP contribution in [0.1, 0.15) is 43.1 Å². The van der Waals surface area contributed by atoms with E-state index in [1.54, 1.807) is 17.0 Å². The van der Waals surface area contributed by atoms with Crippen molar-refractivity contribution >= 4 is 40.0 Å². The van der Waals surface area contributed by atoms with E-state index in [9.17, 15) is 9.59 Å². The Balaban J connectivity index is 1.76. The fourth-order valence-electron chi connectivity index (χ4n) is 4.34. The molecule has 2 aliphatic heterocycles. The molecule has 1 N–H and O–H groups in total. The minimum atomic E-state index is -0.0942. The molecule has 190 valence electrons. The standard InChI is InChI=1S/C30H32N4O2S/c1-5-11-23-16-17-33(27(23)6-2)20-28-29(36)34(19-22-12-9-8-10-13-22)30(37-28)32-26-18-24(21(4)35)14-15-25(26)31-7-3/h5-6,8-15,18,20,31H,2,7,16-17,19H2,1,3-4H3/b11-5-,28-20+,32-30+. The average molecular weight is 513 g/mol. The van der Waals surface area contributed by atoms with Gasteiger partial charge in [-0.2, -0.15) is 0 Å². The van der Waals surface area contributed by atoms with E-state index >= 15 is 0 Å². The molecule has 2 aromatic carbocycles. The third-order valence-electron chi connectivity index (χ3n) is 6.15. The van der Waals surface area contributed by atoms with E-state index in [0.717, 1.165) is 29.9 Å². The largest absolute Gasteiger partial charge is 0.384 e. The van der Waals surface area contributed by atoms with Gasteiger partial charge in [-0.15, -0.1) is 0 Å². The molecule has 0 spiro atoms. The number of thioether (sulfide) groups is 1. The van der Waals surface area contributed by atoms with E-state index in [4.69, 9.17) is 4.99 Å². The third-order valence-corrected chi connectivity index (χ3v) is 7.15. The van der Waals surface area contributed by atoms with Gasteiger partial charge in [-0.1, -0.05) is 49.1 Å². The van der Waals surface area contributed by atoms with Crippen LogP contribution in [0.3, 0.4) is 0 Å². The van der Waals surface area contributed by atoms with Crippen molar-refractivity contribution in [1.29, 1.82) is 0 Å². The molecule has 0 unspecified atom stereocenters. The van der Waals surface area contributed by atoms with E-state index in [0.29, 0.717) is 34.4 Å². The van der Waals surface area contributed by atoms with Crippen LogP contribution >= 0.6 is 11.8 Å². The second-order valence-corrected chi connectivity index (χ2v) is 9.75. The van der Waals surface area contributed by atoms with Crippen molar-refractivity contribution < 1.29 is 9.59 Å². The number of amidine groups is 1. The van der Waals surface area contributed by atoms with E-state index in [1.165, 1.54) is 24.3 Å². The molecule has 0 radical (unpaired) electrons. The molecule has 4 rings (SSSR count). The van der Waals surface area contributed by atoms with Crippen LogP contribution in [-0.2, 0) is 11.3 Å². The number of nitrogens with one attached hydrogen (secondary N) is 1. The smallest absolute Gasteiger partial charge is 0.268 e. The molecular weight excluding hydrogens is 480 g/mol. The van der Waals surface area contributed by atoms with E-state index in [2.05, 4.69) is 22.9 Å². The number of amides is 1. The Kier molecular flexibility index (Phi) is 8.46. The summed E-state index contributed by atoms with van der Waals surface area (Å²) >= 11 is 1.35. The molecule has 7 heteroatoms. The summed E-state index contributed by atoms with van der Waals surface area (Å²) in [4.78, 5) is 35.1. The summed E-state index contributed by atoms with van der Waals surface area (Å²) in [5, 5.41) is 3.90. The molecular formula is C30H32N4O2S. The Morgan fingerprint density at radius 2 is 2.00 bits per heavy atom. The summed E-state index contributed by atoms with van der Waals surface area (Å²) in [5.41, 5.74) is 5.26. The SMILES string of the molecule is C=CC1=C(/C=C\C)CCN1/C=C1/S/C(=N/c2cc(C(C)=O)ccc2NCC)N(Cc2ccccc2)C1=O. The minimum absolute atomic E-state index is 0.0314. The lowest BCUT2D eigenvalue weighted by molar-refractivity contribution is -0.122. The third kappa shape index (κ3) is 5.94. The van der Waals surface area contributed by atoms with Crippen LogP contribution in [0.4, 0.5) is 11.4 Å². The second-order valence-electron chi connectivity index (χ2n) is 8.74. The Morgan fingerprint density at radius 1 is 1.22 bits per heavy atom. The fraction of sp³-hybridized carbons (Fsp3) is 0.233.